The van der Waals surface area contributed by atoms with E-state index in [2.05, 4.69) is 0 Å². The Labute approximate surface area is 88.5 Å². The molecular formula is C11H16N2S. The Kier molecular flexibility index (Phi) is 2.10. The third-order valence-corrected chi connectivity index (χ3v) is 4.71. The van der Waals surface area contributed by atoms with Gasteiger partial charge >= 0.3 is 0 Å². The van der Waals surface area contributed by atoms with Crippen molar-refractivity contribution in [3.8, 4) is 0 Å². The fraction of sp³-hybridized carbons (Fsp3) is 0.727. The van der Waals surface area contributed by atoms with Crippen LogP contribution in [-0.4, -0.2) is 11.5 Å². The van der Waals surface area contributed by atoms with Gasteiger partial charge in [0.2, 0.25) is 0 Å². The number of hydrogen-bond acceptors (Lipinski definition) is 3. The summed E-state index contributed by atoms with van der Waals surface area (Å²) < 4.78 is 0. The number of fused-ring (bicyclic) bond motifs is 1. The summed E-state index contributed by atoms with van der Waals surface area (Å²) in [6.45, 7) is 0.805. The van der Waals surface area contributed by atoms with Gasteiger partial charge in [0.1, 0.15) is 0 Å². The van der Waals surface area contributed by atoms with E-state index < -0.39 is 0 Å². The van der Waals surface area contributed by atoms with Crippen LogP contribution in [0, 0.1) is 0 Å². The topological polar surface area (TPSA) is 38.9 Å². The smallest absolute Gasteiger partial charge is 0.0962 e. The summed E-state index contributed by atoms with van der Waals surface area (Å²) in [6, 6.07) is 0. The van der Waals surface area contributed by atoms with Crippen molar-refractivity contribution in [2.45, 2.75) is 43.9 Å². The highest BCUT2D eigenvalue weighted by atomic mass is 32.1. The van der Waals surface area contributed by atoms with Crippen LogP contribution >= 0.6 is 11.3 Å². The summed E-state index contributed by atoms with van der Waals surface area (Å²) in [4.78, 5) is 6.29. The van der Waals surface area contributed by atoms with Crippen LogP contribution < -0.4 is 5.73 Å². The molecule has 1 aromatic heterocycles. The lowest BCUT2D eigenvalue weighted by Gasteiger charge is -2.18. The van der Waals surface area contributed by atoms with Crippen LogP contribution in [0.4, 0.5) is 0 Å². The molecule has 14 heavy (non-hydrogen) atoms. The van der Waals surface area contributed by atoms with Crippen LogP contribution in [0.25, 0.3) is 0 Å². The molecular weight excluding hydrogens is 192 g/mol. The standard InChI is InChI=1S/C11H16N2S/c12-6-8-2-1-3-9-10(8)14-11(13-9)7-4-5-7/h7-8H,1-6,12H2. The summed E-state index contributed by atoms with van der Waals surface area (Å²) >= 11 is 1.95. The maximum absolute atomic E-state index is 5.80. The Hall–Kier alpha value is -0.410. The minimum Gasteiger partial charge on any atom is -0.330 e. The number of aryl methyl sites for hydroxylation is 1. The normalized spacial score (nSPS) is 26.2. The first kappa shape index (κ1) is 8.86. The van der Waals surface area contributed by atoms with Crippen LogP contribution in [0.3, 0.4) is 0 Å². The van der Waals surface area contributed by atoms with E-state index >= 15 is 0 Å². The minimum atomic E-state index is 0.615. The summed E-state index contributed by atoms with van der Waals surface area (Å²) in [5.74, 6) is 1.42. The lowest BCUT2D eigenvalue weighted by molar-refractivity contribution is 0.563. The molecule has 0 bridgehead atoms. The van der Waals surface area contributed by atoms with Crippen LogP contribution in [-0.2, 0) is 6.42 Å². The largest absolute Gasteiger partial charge is 0.330 e. The molecule has 1 atom stereocenters. The monoisotopic (exact) mass is 208 g/mol. The molecule has 1 saturated carbocycles. The van der Waals surface area contributed by atoms with E-state index in [1.165, 1.54) is 47.7 Å². The molecule has 1 fully saturated rings. The lowest BCUT2D eigenvalue weighted by Crippen LogP contribution is -2.16. The summed E-state index contributed by atoms with van der Waals surface area (Å²) in [6.07, 6.45) is 6.47. The lowest BCUT2D eigenvalue weighted by atomic mass is 9.92. The van der Waals surface area contributed by atoms with Gasteiger partial charge in [-0.25, -0.2) is 4.98 Å². The van der Waals surface area contributed by atoms with Crippen molar-refractivity contribution in [2.24, 2.45) is 5.73 Å². The minimum absolute atomic E-state index is 0.615. The van der Waals surface area contributed by atoms with Crippen molar-refractivity contribution in [3.63, 3.8) is 0 Å². The van der Waals surface area contributed by atoms with E-state index in [9.17, 15) is 0 Å². The molecule has 1 unspecified atom stereocenters. The fourth-order valence-corrected chi connectivity index (χ4v) is 3.69. The maximum Gasteiger partial charge on any atom is 0.0962 e. The average molecular weight is 208 g/mol. The quantitative estimate of drug-likeness (QED) is 0.810. The Morgan fingerprint density at radius 1 is 1.36 bits per heavy atom. The van der Waals surface area contributed by atoms with Crippen molar-refractivity contribution in [1.29, 1.82) is 0 Å². The van der Waals surface area contributed by atoms with E-state index in [-0.39, 0.29) is 0 Å². The highest BCUT2D eigenvalue weighted by Crippen LogP contribution is 2.45. The molecule has 76 valence electrons. The zero-order chi connectivity index (χ0) is 9.54. The highest BCUT2D eigenvalue weighted by Gasteiger charge is 2.31. The van der Waals surface area contributed by atoms with E-state index in [0.717, 1.165) is 12.5 Å². The van der Waals surface area contributed by atoms with Gasteiger partial charge in [-0.15, -0.1) is 11.3 Å². The number of nitrogens with two attached hydrogens (primary N) is 1. The molecule has 0 radical (unpaired) electrons. The molecule has 2 aliphatic rings. The Bertz CT molecular complexity index is 341. The molecule has 0 saturated heterocycles. The summed E-state index contributed by atoms with van der Waals surface area (Å²) in [5, 5.41) is 1.40. The SMILES string of the molecule is NCC1CCCc2nc(C3CC3)sc21. The molecule has 0 aliphatic heterocycles. The summed E-state index contributed by atoms with van der Waals surface area (Å²) in [5.41, 5.74) is 7.17. The van der Waals surface area contributed by atoms with Crippen LogP contribution in [0.15, 0.2) is 0 Å². The zero-order valence-corrected chi connectivity index (χ0v) is 9.15. The third-order valence-electron chi connectivity index (χ3n) is 3.29. The van der Waals surface area contributed by atoms with E-state index in [0.29, 0.717) is 5.92 Å². The number of hydrogen-bond donors (Lipinski definition) is 1. The molecule has 3 rings (SSSR count). The van der Waals surface area contributed by atoms with Gasteiger partial charge in [0.05, 0.1) is 10.7 Å². The molecule has 2 aliphatic carbocycles. The maximum atomic E-state index is 5.80. The van der Waals surface area contributed by atoms with E-state index in [1.54, 1.807) is 0 Å². The number of nitrogens with zero attached hydrogens (tertiary/aromatic N) is 1. The van der Waals surface area contributed by atoms with Crippen molar-refractivity contribution >= 4 is 11.3 Å². The predicted octanol–water partition coefficient (Wildman–Crippen LogP) is 2.40. The third kappa shape index (κ3) is 1.39. The van der Waals surface area contributed by atoms with Gasteiger partial charge in [-0.2, -0.15) is 0 Å². The molecule has 1 heterocycles. The highest BCUT2D eigenvalue weighted by molar-refractivity contribution is 7.12. The molecule has 1 aromatic rings. The zero-order valence-electron chi connectivity index (χ0n) is 8.33. The second kappa shape index (κ2) is 3.31. The molecule has 0 aromatic carbocycles. The first-order chi connectivity index (χ1) is 6.88. The van der Waals surface area contributed by atoms with Gasteiger partial charge in [-0.05, 0) is 32.1 Å². The molecule has 0 spiro atoms. The number of aromatic nitrogens is 1. The second-order valence-corrected chi connectivity index (χ2v) is 5.52. The van der Waals surface area contributed by atoms with Gasteiger partial charge in [-0.3, -0.25) is 0 Å². The van der Waals surface area contributed by atoms with Gasteiger partial charge in [0.15, 0.2) is 0 Å². The van der Waals surface area contributed by atoms with Gasteiger partial charge in [-0.1, -0.05) is 0 Å². The van der Waals surface area contributed by atoms with Gasteiger partial charge < -0.3 is 5.73 Å². The van der Waals surface area contributed by atoms with Crippen LogP contribution in [0.5, 0.6) is 0 Å². The number of thiazole rings is 1. The van der Waals surface area contributed by atoms with Gasteiger partial charge in [0.25, 0.3) is 0 Å². The number of rotatable bonds is 2. The van der Waals surface area contributed by atoms with Crippen LogP contribution in [0.1, 0.15) is 53.1 Å². The Morgan fingerprint density at radius 2 is 2.21 bits per heavy atom. The second-order valence-electron chi connectivity index (χ2n) is 4.46. The first-order valence-corrected chi connectivity index (χ1v) is 6.39. The molecule has 2 N–H and O–H groups in total. The first-order valence-electron chi connectivity index (χ1n) is 5.58. The molecule has 3 heteroatoms. The Balaban J connectivity index is 1.95. The Morgan fingerprint density at radius 3 is 2.93 bits per heavy atom. The fourth-order valence-electron chi connectivity index (χ4n) is 2.26. The van der Waals surface area contributed by atoms with Crippen molar-refractivity contribution in [3.05, 3.63) is 15.6 Å². The average Bonchev–Trinajstić information content (AvgIpc) is 2.97. The van der Waals surface area contributed by atoms with Crippen molar-refractivity contribution < 1.29 is 0 Å². The molecule has 0 amide bonds. The van der Waals surface area contributed by atoms with E-state index in [1.807, 2.05) is 11.3 Å². The van der Waals surface area contributed by atoms with Crippen molar-refractivity contribution in [2.75, 3.05) is 6.54 Å². The van der Waals surface area contributed by atoms with Gasteiger partial charge in [0, 0.05) is 23.3 Å². The summed E-state index contributed by atoms with van der Waals surface area (Å²) in [7, 11) is 0. The van der Waals surface area contributed by atoms with Crippen LogP contribution in [0.2, 0.25) is 0 Å². The van der Waals surface area contributed by atoms with Crippen molar-refractivity contribution in [1.82, 2.24) is 4.98 Å². The van der Waals surface area contributed by atoms with E-state index in [4.69, 9.17) is 10.7 Å². The predicted molar refractivity (Wildman–Crippen MR) is 58.8 cm³/mol. The molecule has 2 nitrogen and oxygen atoms in total.